The number of carbonyl (C=O) groups excluding carboxylic acids is 3. The molecule has 0 heterocycles. The number of rotatable bonds is 6. The summed E-state index contributed by atoms with van der Waals surface area (Å²) in [4.78, 5) is 33.7. The molecule has 0 aliphatic rings. The minimum atomic E-state index is -0.588. The highest BCUT2D eigenvalue weighted by molar-refractivity contribution is 5.92. The molecular weight excluding hydrogens is 258 g/mol. The van der Waals surface area contributed by atoms with Crippen LogP contribution in [-0.2, 0) is 9.53 Å². The van der Waals surface area contributed by atoms with Gasteiger partial charge >= 0.3 is 5.97 Å². The second-order valence-corrected chi connectivity index (χ2v) is 4.92. The molecule has 1 atom stereocenters. The van der Waals surface area contributed by atoms with Gasteiger partial charge in [-0.2, -0.15) is 0 Å². The summed E-state index contributed by atoms with van der Waals surface area (Å²) in [5.41, 5.74) is 0.783. The zero-order valence-corrected chi connectivity index (χ0v) is 11.9. The maximum absolute atomic E-state index is 11.7. The molecule has 0 aromatic heterocycles. The van der Waals surface area contributed by atoms with Crippen molar-refractivity contribution in [2.24, 2.45) is 5.92 Å². The molecule has 1 aromatic rings. The van der Waals surface area contributed by atoms with Crippen molar-refractivity contribution in [2.75, 3.05) is 6.61 Å². The predicted octanol–water partition coefficient (Wildman–Crippen LogP) is 1.82. The van der Waals surface area contributed by atoms with Crippen LogP contribution in [0.15, 0.2) is 24.3 Å². The lowest BCUT2D eigenvalue weighted by Crippen LogP contribution is -2.38. The Balaban J connectivity index is 2.46. The number of aldehydes is 1. The average Bonchev–Trinajstić information content (AvgIpc) is 2.44. The minimum Gasteiger partial charge on any atom is -0.452 e. The van der Waals surface area contributed by atoms with Crippen LogP contribution in [0.4, 0.5) is 0 Å². The molecule has 1 rings (SSSR count). The van der Waals surface area contributed by atoms with Crippen molar-refractivity contribution in [2.45, 2.75) is 26.8 Å². The van der Waals surface area contributed by atoms with Gasteiger partial charge in [-0.15, -0.1) is 0 Å². The van der Waals surface area contributed by atoms with Gasteiger partial charge in [-0.3, -0.25) is 9.59 Å². The fraction of sp³-hybridized carbons (Fsp3) is 0.400. The zero-order valence-electron chi connectivity index (χ0n) is 11.9. The summed E-state index contributed by atoms with van der Waals surface area (Å²) in [6, 6.07) is 6.03. The maximum Gasteiger partial charge on any atom is 0.338 e. The van der Waals surface area contributed by atoms with Crippen LogP contribution in [0.2, 0.25) is 0 Å². The van der Waals surface area contributed by atoms with Gasteiger partial charge in [0, 0.05) is 11.6 Å². The Morgan fingerprint density at radius 2 is 1.80 bits per heavy atom. The smallest absolute Gasteiger partial charge is 0.338 e. The Hall–Kier alpha value is -2.17. The van der Waals surface area contributed by atoms with E-state index in [1.807, 2.05) is 20.8 Å². The molecule has 108 valence electrons. The molecule has 0 aliphatic carbocycles. The number of amides is 1. The Morgan fingerprint density at radius 1 is 1.20 bits per heavy atom. The number of carbonyl (C=O) groups is 3. The van der Waals surface area contributed by atoms with Crippen molar-refractivity contribution in [3.05, 3.63) is 35.4 Å². The van der Waals surface area contributed by atoms with E-state index in [1.165, 1.54) is 24.3 Å². The summed E-state index contributed by atoms with van der Waals surface area (Å²) in [6.45, 7) is 5.56. The summed E-state index contributed by atoms with van der Waals surface area (Å²) < 4.78 is 4.90. The number of hydrogen-bond acceptors (Lipinski definition) is 4. The highest BCUT2D eigenvalue weighted by Crippen LogP contribution is 2.04. The van der Waals surface area contributed by atoms with Crippen molar-refractivity contribution < 1.29 is 19.1 Å². The van der Waals surface area contributed by atoms with Crippen LogP contribution in [0.5, 0.6) is 0 Å². The molecule has 0 saturated carbocycles. The van der Waals surface area contributed by atoms with Crippen LogP contribution in [0.1, 0.15) is 41.5 Å². The van der Waals surface area contributed by atoms with E-state index in [1.54, 1.807) is 0 Å². The Kier molecular flexibility index (Phi) is 5.90. The molecule has 0 radical (unpaired) electrons. The van der Waals surface area contributed by atoms with Crippen LogP contribution >= 0.6 is 0 Å². The van der Waals surface area contributed by atoms with Crippen LogP contribution in [0, 0.1) is 5.92 Å². The van der Waals surface area contributed by atoms with Crippen LogP contribution in [-0.4, -0.2) is 30.8 Å². The molecule has 5 heteroatoms. The molecule has 0 unspecified atom stereocenters. The molecular formula is C15H19NO4. The van der Waals surface area contributed by atoms with Gasteiger partial charge in [0.05, 0.1) is 5.56 Å². The molecule has 0 fully saturated rings. The number of ether oxygens (including phenoxy) is 1. The third-order valence-electron chi connectivity index (χ3n) is 3.01. The summed E-state index contributed by atoms with van der Waals surface area (Å²) in [7, 11) is 0. The van der Waals surface area contributed by atoms with Gasteiger partial charge in [-0.1, -0.05) is 26.0 Å². The fourth-order valence-electron chi connectivity index (χ4n) is 1.37. The lowest BCUT2D eigenvalue weighted by atomic mass is 10.1. The molecule has 1 N–H and O–H groups in total. The van der Waals surface area contributed by atoms with E-state index < -0.39 is 5.97 Å². The van der Waals surface area contributed by atoms with Crippen LogP contribution in [0.25, 0.3) is 0 Å². The first-order valence-electron chi connectivity index (χ1n) is 6.45. The van der Waals surface area contributed by atoms with E-state index in [4.69, 9.17) is 4.74 Å². The second-order valence-electron chi connectivity index (χ2n) is 4.92. The third kappa shape index (κ3) is 4.84. The topological polar surface area (TPSA) is 72.5 Å². The van der Waals surface area contributed by atoms with E-state index in [0.717, 1.165) is 0 Å². The monoisotopic (exact) mass is 277 g/mol. The summed E-state index contributed by atoms with van der Waals surface area (Å²) in [5.74, 6) is -0.607. The molecule has 5 nitrogen and oxygen atoms in total. The standard InChI is InChI=1S/C15H19NO4/c1-10(2)11(3)16-14(18)9-20-15(19)13-6-4-12(8-17)5-7-13/h4-8,10-11H,9H2,1-3H3,(H,16,18)/t11-/m0/s1. The van der Waals surface area contributed by atoms with Gasteiger partial charge in [0.1, 0.15) is 6.29 Å². The van der Waals surface area contributed by atoms with Gasteiger partial charge in [0.15, 0.2) is 6.61 Å². The number of esters is 1. The molecule has 1 aromatic carbocycles. The lowest BCUT2D eigenvalue weighted by molar-refractivity contribution is -0.125. The van der Waals surface area contributed by atoms with Gasteiger partial charge < -0.3 is 10.1 Å². The number of benzene rings is 1. The maximum atomic E-state index is 11.7. The first kappa shape index (κ1) is 15.9. The Labute approximate surface area is 118 Å². The van der Waals surface area contributed by atoms with Crippen LogP contribution in [0.3, 0.4) is 0 Å². The van der Waals surface area contributed by atoms with E-state index in [-0.39, 0.29) is 18.6 Å². The fourth-order valence-corrected chi connectivity index (χ4v) is 1.37. The summed E-state index contributed by atoms with van der Waals surface area (Å²) in [6.07, 6.45) is 0.690. The van der Waals surface area contributed by atoms with Crippen molar-refractivity contribution in [3.8, 4) is 0 Å². The van der Waals surface area contributed by atoms with Gasteiger partial charge in [0.25, 0.3) is 5.91 Å². The van der Waals surface area contributed by atoms with Crippen molar-refractivity contribution in [1.82, 2.24) is 5.32 Å². The van der Waals surface area contributed by atoms with E-state index in [0.29, 0.717) is 23.3 Å². The number of nitrogens with one attached hydrogen (secondary N) is 1. The van der Waals surface area contributed by atoms with Gasteiger partial charge in [-0.25, -0.2) is 4.79 Å². The lowest BCUT2D eigenvalue weighted by Gasteiger charge is -2.17. The quantitative estimate of drug-likeness (QED) is 0.636. The second kappa shape index (κ2) is 7.43. The largest absolute Gasteiger partial charge is 0.452 e. The zero-order chi connectivity index (χ0) is 15.1. The first-order chi connectivity index (χ1) is 9.43. The van der Waals surface area contributed by atoms with Crippen molar-refractivity contribution in [3.63, 3.8) is 0 Å². The van der Waals surface area contributed by atoms with Crippen molar-refractivity contribution >= 4 is 18.2 Å². The summed E-state index contributed by atoms with van der Waals surface area (Å²) >= 11 is 0. The first-order valence-corrected chi connectivity index (χ1v) is 6.45. The third-order valence-corrected chi connectivity index (χ3v) is 3.01. The van der Waals surface area contributed by atoms with Gasteiger partial charge in [0.2, 0.25) is 0 Å². The molecule has 20 heavy (non-hydrogen) atoms. The SMILES string of the molecule is CC(C)[C@H](C)NC(=O)COC(=O)c1ccc(C=O)cc1. The number of hydrogen-bond donors (Lipinski definition) is 1. The van der Waals surface area contributed by atoms with E-state index >= 15 is 0 Å². The minimum absolute atomic E-state index is 0.0214. The molecule has 0 aliphatic heterocycles. The van der Waals surface area contributed by atoms with E-state index in [2.05, 4.69) is 5.32 Å². The van der Waals surface area contributed by atoms with Crippen LogP contribution < -0.4 is 5.32 Å². The van der Waals surface area contributed by atoms with Crippen molar-refractivity contribution in [1.29, 1.82) is 0 Å². The summed E-state index contributed by atoms with van der Waals surface area (Å²) in [5, 5.41) is 2.74. The molecule has 0 spiro atoms. The predicted molar refractivity (Wildman–Crippen MR) is 74.6 cm³/mol. The Morgan fingerprint density at radius 3 is 2.30 bits per heavy atom. The van der Waals surface area contributed by atoms with Gasteiger partial charge in [-0.05, 0) is 25.0 Å². The normalized spacial score (nSPS) is 11.8. The van der Waals surface area contributed by atoms with E-state index in [9.17, 15) is 14.4 Å². The highest BCUT2D eigenvalue weighted by atomic mass is 16.5. The molecule has 1 amide bonds. The Bertz CT molecular complexity index is 479. The average molecular weight is 277 g/mol. The molecule has 0 bridgehead atoms. The molecule has 0 saturated heterocycles. The highest BCUT2D eigenvalue weighted by Gasteiger charge is 2.13.